The van der Waals surface area contributed by atoms with Gasteiger partial charge in [-0.15, -0.1) is 0 Å². The third-order valence-corrected chi connectivity index (χ3v) is 7.73. The molecule has 1 aliphatic rings. The maximum Gasteiger partial charge on any atom is 0.230 e. The van der Waals surface area contributed by atoms with E-state index >= 15 is 0 Å². The Hall–Kier alpha value is -4.86. The van der Waals surface area contributed by atoms with E-state index in [4.69, 9.17) is 0 Å². The van der Waals surface area contributed by atoms with Crippen molar-refractivity contribution < 1.29 is 9.59 Å². The zero-order chi connectivity index (χ0) is 28.1. The number of hydrogen-bond acceptors (Lipinski definition) is 6. The molecule has 2 aromatic carbocycles. The van der Waals surface area contributed by atoms with E-state index < -0.39 is 5.92 Å². The summed E-state index contributed by atoms with van der Waals surface area (Å²) in [6, 6.07) is 13.8. The predicted molar refractivity (Wildman–Crippen MR) is 153 cm³/mol. The van der Waals surface area contributed by atoms with E-state index in [0.29, 0.717) is 34.9 Å². The Bertz CT molecular complexity index is 1800. The van der Waals surface area contributed by atoms with Gasteiger partial charge in [-0.2, -0.15) is 14.9 Å². The fourth-order valence-electron chi connectivity index (χ4n) is 5.15. The fraction of sp³-hybridized carbons (Fsp3) is 0.267. The van der Waals surface area contributed by atoms with Crippen molar-refractivity contribution in [3.63, 3.8) is 0 Å². The quantitative estimate of drug-likeness (QED) is 0.355. The van der Waals surface area contributed by atoms with E-state index in [9.17, 15) is 9.59 Å². The van der Waals surface area contributed by atoms with Gasteiger partial charge in [0.15, 0.2) is 11.5 Å². The number of amides is 2. The van der Waals surface area contributed by atoms with Crippen LogP contribution in [0.15, 0.2) is 55.0 Å². The molecule has 3 aromatic heterocycles. The van der Waals surface area contributed by atoms with Crippen LogP contribution < -0.4 is 10.2 Å². The largest absolute Gasteiger partial charge is 0.312 e. The molecule has 0 aliphatic carbocycles. The monoisotopic (exact) mass is 534 g/mol. The molecule has 5 aromatic rings. The van der Waals surface area contributed by atoms with E-state index in [1.54, 1.807) is 26.5 Å². The molecule has 1 N–H and O–H groups in total. The van der Waals surface area contributed by atoms with Gasteiger partial charge in [0, 0.05) is 24.7 Å². The van der Waals surface area contributed by atoms with E-state index in [1.807, 2.05) is 51.1 Å². The van der Waals surface area contributed by atoms with Gasteiger partial charge < -0.3 is 10.2 Å². The highest BCUT2D eigenvalue weighted by Crippen LogP contribution is 2.29. The van der Waals surface area contributed by atoms with Gasteiger partial charge in [0.25, 0.3) is 0 Å². The molecular weight excluding hydrogens is 504 g/mol. The minimum atomic E-state index is -0.491. The van der Waals surface area contributed by atoms with Crippen molar-refractivity contribution in [3.8, 4) is 11.5 Å². The Labute approximate surface area is 231 Å². The van der Waals surface area contributed by atoms with Crippen LogP contribution in [0.4, 0.5) is 11.5 Å². The Kier molecular flexibility index (Phi) is 6.17. The fourth-order valence-corrected chi connectivity index (χ4v) is 5.15. The van der Waals surface area contributed by atoms with Gasteiger partial charge in [-0.25, -0.2) is 14.6 Å². The maximum atomic E-state index is 13.4. The third kappa shape index (κ3) is 4.31. The molecule has 0 bridgehead atoms. The second kappa shape index (κ2) is 9.71. The molecule has 1 fully saturated rings. The van der Waals surface area contributed by atoms with Crippen molar-refractivity contribution in [2.45, 2.75) is 41.0 Å². The summed E-state index contributed by atoms with van der Waals surface area (Å²) in [4.78, 5) is 36.9. The Morgan fingerprint density at radius 3 is 2.58 bits per heavy atom. The van der Waals surface area contributed by atoms with Crippen molar-refractivity contribution in [2.24, 2.45) is 5.92 Å². The zero-order valence-corrected chi connectivity index (χ0v) is 23.1. The van der Waals surface area contributed by atoms with Crippen LogP contribution >= 0.6 is 0 Å². The molecule has 1 unspecified atom stereocenters. The minimum Gasteiger partial charge on any atom is -0.312 e. The summed E-state index contributed by atoms with van der Waals surface area (Å²) in [5.74, 6) is 0.181. The van der Waals surface area contributed by atoms with Crippen LogP contribution in [0.2, 0.25) is 0 Å². The van der Waals surface area contributed by atoms with E-state index in [1.165, 1.54) is 6.33 Å². The highest BCUT2D eigenvalue weighted by atomic mass is 16.2. The van der Waals surface area contributed by atoms with Crippen LogP contribution in [-0.2, 0) is 9.59 Å². The molecule has 1 aliphatic heterocycles. The van der Waals surface area contributed by atoms with Crippen LogP contribution in [0.5, 0.6) is 0 Å². The summed E-state index contributed by atoms with van der Waals surface area (Å²) < 4.78 is 3.40. The number of hydrogen-bond donors (Lipinski definition) is 1. The van der Waals surface area contributed by atoms with Gasteiger partial charge in [-0.1, -0.05) is 18.2 Å². The van der Waals surface area contributed by atoms with Crippen molar-refractivity contribution in [3.05, 3.63) is 82.9 Å². The lowest BCUT2D eigenvalue weighted by molar-refractivity contribution is -0.122. The molecule has 10 heteroatoms. The Morgan fingerprint density at radius 2 is 1.77 bits per heavy atom. The van der Waals surface area contributed by atoms with Gasteiger partial charge in [-0.3, -0.25) is 9.59 Å². The first kappa shape index (κ1) is 25.4. The molecule has 0 spiro atoms. The average molecular weight is 535 g/mol. The smallest absolute Gasteiger partial charge is 0.230 e. The molecule has 10 nitrogen and oxygen atoms in total. The summed E-state index contributed by atoms with van der Waals surface area (Å²) in [5, 5.41) is 12.9. The summed E-state index contributed by atoms with van der Waals surface area (Å²) in [7, 11) is 0. The second-order valence-corrected chi connectivity index (χ2v) is 10.5. The van der Waals surface area contributed by atoms with Gasteiger partial charge >= 0.3 is 0 Å². The van der Waals surface area contributed by atoms with Gasteiger partial charge in [0.05, 0.1) is 28.9 Å². The van der Waals surface area contributed by atoms with E-state index in [-0.39, 0.29) is 18.2 Å². The highest BCUT2D eigenvalue weighted by molar-refractivity contribution is 6.03. The maximum absolute atomic E-state index is 13.4. The van der Waals surface area contributed by atoms with Crippen molar-refractivity contribution in [1.82, 2.24) is 29.5 Å². The Morgan fingerprint density at radius 1 is 0.950 bits per heavy atom. The van der Waals surface area contributed by atoms with E-state index in [2.05, 4.69) is 45.4 Å². The number of fused-ring (bicyclic) bond motifs is 1. The molecular formula is C30H30N8O2. The molecule has 0 radical (unpaired) electrons. The van der Waals surface area contributed by atoms with Crippen molar-refractivity contribution in [2.75, 3.05) is 16.8 Å². The number of nitrogens with zero attached hydrogens (tertiary/aromatic N) is 7. The molecule has 2 amide bonds. The SMILES string of the molecule is Cc1cc(NC(=O)C2CC(=O)N(c3ccc(C)c(C)c3)C2)n(-c2ncnc3c2cnn3-c2cccc(C)c2C)n1. The first-order valence-corrected chi connectivity index (χ1v) is 13.2. The molecule has 1 saturated heterocycles. The minimum absolute atomic E-state index is 0.0653. The Balaban J connectivity index is 1.29. The molecule has 40 heavy (non-hydrogen) atoms. The first-order chi connectivity index (χ1) is 19.2. The first-order valence-electron chi connectivity index (χ1n) is 13.2. The summed E-state index contributed by atoms with van der Waals surface area (Å²) in [5.41, 5.74) is 7.62. The normalized spacial score (nSPS) is 15.3. The lowest BCUT2D eigenvalue weighted by atomic mass is 10.1. The standard InChI is InChI=1S/C30H30N8O2/c1-17-9-10-23(11-19(17)3)36-15-22(13-27(36)39)30(40)34-26-12-20(4)35-38(26)29-24-14-33-37(28(24)31-16-32-29)25-8-6-7-18(2)21(25)5/h6-12,14,16,22H,13,15H2,1-5H3,(H,34,40). The van der Waals surface area contributed by atoms with Crippen LogP contribution in [0, 0.1) is 40.5 Å². The van der Waals surface area contributed by atoms with Crippen LogP contribution in [0.1, 0.15) is 34.4 Å². The lowest BCUT2D eigenvalue weighted by Gasteiger charge is -2.18. The summed E-state index contributed by atoms with van der Waals surface area (Å²) in [6.07, 6.45) is 3.33. The summed E-state index contributed by atoms with van der Waals surface area (Å²) in [6.45, 7) is 10.3. The highest BCUT2D eigenvalue weighted by Gasteiger charge is 2.35. The summed E-state index contributed by atoms with van der Waals surface area (Å²) >= 11 is 0. The number of carbonyl (C=O) groups is 2. The molecule has 202 valence electrons. The van der Waals surface area contributed by atoms with Gasteiger partial charge in [-0.05, 0) is 75.1 Å². The third-order valence-electron chi connectivity index (χ3n) is 7.73. The average Bonchev–Trinajstić information content (AvgIpc) is 3.64. The topological polar surface area (TPSA) is 111 Å². The van der Waals surface area contributed by atoms with Crippen LogP contribution in [0.3, 0.4) is 0 Å². The second-order valence-electron chi connectivity index (χ2n) is 10.5. The number of aryl methyl sites for hydroxylation is 4. The molecule has 6 rings (SSSR count). The number of carbonyl (C=O) groups excluding carboxylic acids is 2. The number of nitrogens with one attached hydrogen (secondary N) is 1. The lowest BCUT2D eigenvalue weighted by Crippen LogP contribution is -2.28. The van der Waals surface area contributed by atoms with Gasteiger partial charge in [0.1, 0.15) is 12.1 Å². The molecule has 4 heterocycles. The van der Waals surface area contributed by atoms with Gasteiger partial charge in [0.2, 0.25) is 11.8 Å². The molecule has 0 saturated carbocycles. The van der Waals surface area contributed by atoms with Crippen molar-refractivity contribution in [1.29, 1.82) is 0 Å². The van der Waals surface area contributed by atoms with E-state index in [0.717, 1.165) is 33.6 Å². The number of aromatic nitrogens is 6. The number of benzene rings is 2. The van der Waals surface area contributed by atoms with Crippen LogP contribution in [0.25, 0.3) is 22.5 Å². The number of rotatable bonds is 5. The number of anilines is 2. The molecule has 1 atom stereocenters. The zero-order valence-electron chi connectivity index (χ0n) is 23.1. The van der Waals surface area contributed by atoms with Crippen molar-refractivity contribution >= 4 is 34.4 Å². The predicted octanol–water partition coefficient (Wildman–Crippen LogP) is 4.53. The van der Waals surface area contributed by atoms with Crippen LogP contribution in [-0.4, -0.2) is 47.9 Å².